The minimum Gasteiger partial charge on any atom is -0.381 e. The highest BCUT2D eigenvalue weighted by Crippen LogP contribution is 2.46. The third-order valence-corrected chi connectivity index (χ3v) is 9.88. The summed E-state index contributed by atoms with van der Waals surface area (Å²) >= 11 is 0. The second-order valence-electron chi connectivity index (χ2n) is 13.8. The molecule has 2 aromatic rings. The van der Waals surface area contributed by atoms with Gasteiger partial charge in [0.05, 0.1) is 0 Å². The van der Waals surface area contributed by atoms with Gasteiger partial charge in [-0.3, -0.25) is 4.98 Å². The van der Waals surface area contributed by atoms with Gasteiger partial charge in [-0.1, -0.05) is 119 Å². The molecule has 0 radical (unpaired) electrons. The number of nitrogens with zero attached hydrogens (tertiary/aromatic N) is 1. The number of rotatable bonds is 15. The average molecular weight is 565 g/mol. The Labute approximate surface area is 257 Å². The number of allylic oxidation sites excluding steroid dienone is 5. The Morgan fingerprint density at radius 2 is 1.79 bits per heavy atom. The zero-order valence-electron chi connectivity index (χ0n) is 27.5. The first-order chi connectivity index (χ1) is 20.2. The SMILES string of the molecule is C=C(NCc1ccc(CCCC)cc1)C1=CCC(C)(/C(Cc2cncc(CC(C)C)c2)=C(/C)CCC2CCC2)C(C)=C1. The second-order valence-corrected chi connectivity index (χ2v) is 13.8. The number of pyridine rings is 1. The van der Waals surface area contributed by atoms with E-state index in [-0.39, 0.29) is 5.41 Å². The number of benzene rings is 1. The topological polar surface area (TPSA) is 24.9 Å². The highest BCUT2D eigenvalue weighted by Gasteiger charge is 2.34. The molecule has 1 N–H and O–H groups in total. The summed E-state index contributed by atoms with van der Waals surface area (Å²) in [5, 5.41) is 3.61. The normalized spacial score (nSPS) is 19.6. The molecule has 4 rings (SSSR count). The fraction of sp³-hybridized carbons (Fsp3) is 0.525. The van der Waals surface area contributed by atoms with Gasteiger partial charge in [0.15, 0.2) is 0 Å². The van der Waals surface area contributed by atoms with Gasteiger partial charge in [-0.2, -0.15) is 0 Å². The van der Waals surface area contributed by atoms with Gasteiger partial charge < -0.3 is 5.32 Å². The highest BCUT2D eigenvalue weighted by molar-refractivity contribution is 5.48. The van der Waals surface area contributed by atoms with Crippen LogP contribution in [0.2, 0.25) is 0 Å². The molecule has 0 bridgehead atoms. The maximum atomic E-state index is 4.66. The molecule has 2 aliphatic carbocycles. The zero-order chi connectivity index (χ0) is 30.1. The van der Waals surface area contributed by atoms with Gasteiger partial charge in [-0.05, 0) is 98.5 Å². The van der Waals surface area contributed by atoms with Crippen LogP contribution in [0.15, 0.2) is 89.4 Å². The molecular weight excluding hydrogens is 508 g/mol. The molecule has 2 aliphatic rings. The number of hydrogen-bond acceptors (Lipinski definition) is 2. The maximum absolute atomic E-state index is 4.66. The molecule has 2 nitrogen and oxygen atoms in total. The van der Waals surface area contributed by atoms with Gasteiger partial charge in [0.25, 0.3) is 0 Å². The lowest BCUT2D eigenvalue weighted by molar-refractivity contribution is 0.295. The summed E-state index contributed by atoms with van der Waals surface area (Å²) in [4.78, 5) is 4.66. The smallest absolute Gasteiger partial charge is 0.0400 e. The van der Waals surface area contributed by atoms with Crippen molar-refractivity contribution in [1.29, 1.82) is 0 Å². The van der Waals surface area contributed by atoms with E-state index in [2.05, 4.69) is 113 Å². The molecule has 1 fully saturated rings. The van der Waals surface area contributed by atoms with Crippen LogP contribution < -0.4 is 5.32 Å². The fourth-order valence-corrected chi connectivity index (χ4v) is 6.61. The number of nitrogens with one attached hydrogen (secondary N) is 1. The van der Waals surface area contributed by atoms with Gasteiger partial charge in [-0.15, -0.1) is 0 Å². The lowest BCUT2D eigenvalue weighted by Gasteiger charge is -2.38. The van der Waals surface area contributed by atoms with Crippen LogP contribution in [0.1, 0.15) is 115 Å². The molecule has 1 unspecified atom stereocenters. The number of aromatic nitrogens is 1. The molecule has 1 atom stereocenters. The molecule has 2 heteroatoms. The largest absolute Gasteiger partial charge is 0.381 e. The second kappa shape index (κ2) is 15.0. The molecule has 1 aromatic carbocycles. The lowest BCUT2D eigenvalue weighted by atomic mass is 9.66. The van der Waals surface area contributed by atoms with Gasteiger partial charge in [0.2, 0.25) is 0 Å². The molecule has 0 spiro atoms. The van der Waals surface area contributed by atoms with E-state index in [0.29, 0.717) is 5.92 Å². The average Bonchev–Trinajstić information content (AvgIpc) is 2.94. The monoisotopic (exact) mass is 564 g/mol. The minimum absolute atomic E-state index is 0.00977. The maximum Gasteiger partial charge on any atom is 0.0400 e. The van der Waals surface area contributed by atoms with E-state index in [4.69, 9.17) is 0 Å². The van der Waals surface area contributed by atoms with Crippen molar-refractivity contribution >= 4 is 0 Å². The number of hydrogen-bond donors (Lipinski definition) is 1. The molecule has 1 saturated carbocycles. The zero-order valence-corrected chi connectivity index (χ0v) is 27.5. The first-order valence-corrected chi connectivity index (χ1v) is 16.7. The predicted octanol–water partition coefficient (Wildman–Crippen LogP) is 10.6. The minimum atomic E-state index is 0.00977. The molecular formula is C40H56N2. The van der Waals surface area contributed by atoms with Crippen molar-refractivity contribution in [3.63, 3.8) is 0 Å². The first-order valence-electron chi connectivity index (χ1n) is 16.7. The lowest BCUT2D eigenvalue weighted by Crippen LogP contribution is -2.27. The molecule has 0 amide bonds. The van der Waals surface area contributed by atoms with Crippen molar-refractivity contribution in [3.8, 4) is 0 Å². The Balaban J connectivity index is 1.48. The summed E-state index contributed by atoms with van der Waals surface area (Å²) in [6.45, 7) is 19.3. The number of unbranched alkanes of at least 4 members (excludes halogenated alkanes) is 1. The van der Waals surface area contributed by atoms with Crippen LogP contribution in [-0.4, -0.2) is 4.98 Å². The van der Waals surface area contributed by atoms with Crippen LogP contribution >= 0.6 is 0 Å². The molecule has 1 aromatic heterocycles. The Hall–Kier alpha value is -2.87. The van der Waals surface area contributed by atoms with Crippen LogP contribution in [0.5, 0.6) is 0 Å². The molecule has 0 saturated heterocycles. The summed E-state index contributed by atoms with van der Waals surface area (Å²) in [6.07, 6.45) is 22.5. The van der Waals surface area contributed by atoms with E-state index in [1.165, 1.54) is 84.8 Å². The third-order valence-electron chi connectivity index (χ3n) is 9.88. The van der Waals surface area contributed by atoms with Crippen LogP contribution in [-0.2, 0) is 25.8 Å². The Bertz CT molecular complexity index is 1290. The summed E-state index contributed by atoms with van der Waals surface area (Å²) in [5.74, 6) is 1.57. The van der Waals surface area contributed by atoms with Gasteiger partial charge in [-0.25, -0.2) is 0 Å². The third kappa shape index (κ3) is 8.59. The van der Waals surface area contributed by atoms with E-state index in [0.717, 1.165) is 37.4 Å². The fourth-order valence-electron chi connectivity index (χ4n) is 6.61. The van der Waals surface area contributed by atoms with Crippen molar-refractivity contribution in [3.05, 3.63) is 112 Å². The highest BCUT2D eigenvalue weighted by atomic mass is 14.9. The number of aryl methyl sites for hydroxylation is 1. The van der Waals surface area contributed by atoms with Gasteiger partial charge >= 0.3 is 0 Å². The Kier molecular flexibility index (Phi) is 11.5. The van der Waals surface area contributed by atoms with Crippen LogP contribution in [0.4, 0.5) is 0 Å². The van der Waals surface area contributed by atoms with Gasteiger partial charge in [0, 0.05) is 30.1 Å². The van der Waals surface area contributed by atoms with Crippen LogP contribution in [0.25, 0.3) is 0 Å². The van der Waals surface area contributed by atoms with Crippen molar-refractivity contribution in [1.82, 2.24) is 10.3 Å². The summed E-state index contributed by atoms with van der Waals surface area (Å²) < 4.78 is 0. The summed E-state index contributed by atoms with van der Waals surface area (Å²) in [5.41, 5.74) is 12.3. The molecule has 226 valence electrons. The summed E-state index contributed by atoms with van der Waals surface area (Å²) in [6, 6.07) is 11.5. The molecule has 1 heterocycles. The Morgan fingerprint density at radius 3 is 2.43 bits per heavy atom. The standard InChI is InChI=1S/C40H56N2/c1-8-9-11-34-16-18-35(19-17-34)28-42-32(6)38-20-21-40(7,31(5)23-38)39(30(4)14-15-33-12-10-13-33)25-37-24-36(22-29(2)3)26-41-27-37/h16-20,23-24,26-27,29,33,42H,6,8-15,21-22,25,28H2,1-5,7H3/b39-30-. The molecule has 0 aliphatic heterocycles. The molecule has 42 heavy (non-hydrogen) atoms. The first kappa shape index (κ1) is 32.1. The van der Waals surface area contributed by atoms with Crippen LogP contribution in [0, 0.1) is 17.3 Å². The van der Waals surface area contributed by atoms with Crippen molar-refractivity contribution < 1.29 is 0 Å². The van der Waals surface area contributed by atoms with E-state index >= 15 is 0 Å². The van der Waals surface area contributed by atoms with Crippen molar-refractivity contribution in [2.45, 2.75) is 119 Å². The van der Waals surface area contributed by atoms with E-state index in [1.54, 1.807) is 11.1 Å². The van der Waals surface area contributed by atoms with Gasteiger partial charge in [0.1, 0.15) is 0 Å². The van der Waals surface area contributed by atoms with Crippen LogP contribution in [0.3, 0.4) is 0 Å². The quantitative estimate of drug-likeness (QED) is 0.218. The van der Waals surface area contributed by atoms with E-state index < -0.39 is 0 Å². The van der Waals surface area contributed by atoms with Crippen molar-refractivity contribution in [2.75, 3.05) is 0 Å². The predicted molar refractivity (Wildman–Crippen MR) is 181 cm³/mol. The van der Waals surface area contributed by atoms with Crippen molar-refractivity contribution in [2.24, 2.45) is 17.3 Å². The van der Waals surface area contributed by atoms with E-state index in [1.807, 2.05) is 0 Å². The Morgan fingerprint density at radius 1 is 1.07 bits per heavy atom. The summed E-state index contributed by atoms with van der Waals surface area (Å²) in [7, 11) is 0. The van der Waals surface area contributed by atoms with E-state index in [9.17, 15) is 0 Å².